The maximum absolute atomic E-state index is 12.6. The summed E-state index contributed by atoms with van der Waals surface area (Å²) in [5.41, 5.74) is 2.18. The highest BCUT2D eigenvalue weighted by molar-refractivity contribution is 5.96. The van der Waals surface area contributed by atoms with Gasteiger partial charge in [0.2, 0.25) is 0 Å². The van der Waals surface area contributed by atoms with Crippen LogP contribution in [-0.4, -0.2) is 30.2 Å². The molecule has 0 aliphatic heterocycles. The molecule has 0 spiro atoms. The van der Waals surface area contributed by atoms with Crippen LogP contribution in [0.2, 0.25) is 0 Å². The Morgan fingerprint density at radius 1 is 1.19 bits per heavy atom. The molecule has 1 unspecified atom stereocenters. The van der Waals surface area contributed by atoms with Crippen LogP contribution in [0.15, 0.2) is 42.5 Å². The molecule has 0 heterocycles. The van der Waals surface area contributed by atoms with Gasteiger partial charge in [-0.1, -0.05) is 19.1 Å². The van der Waals surface area contributed by atoms with Gasteiger partial charge in [0, 0.05) is 12.8 Å². The Labute approximate surface area is 152 Å². The molecule has 26 heavy (non-hydrogen) atoms. The molecule has 0 radical (unpaired) electrons. The summed E-state index contributed by atoms with van der Waals surface area (Å²) in [6, 6.07) is 12.1. The molecule has 1 amide bonds. The lowest BCUT2D eigenvalue weighted by Gasteiger charge is -2.18. The number of aryl methyl sites for hydroxylation is 1. The molecule has 138 valence electrons. The molecule has 2 rings (SSSR count). The van der Waals surface area contributed by atoms with E-state index in [1.807, 2.05) is 32.0 Å². The minimum absolute atomic E-state index is 0.0856. The fraction of sp³-hybridized carbons (Fsp3) is 0.300. The zero-order valence-electron chi connectivity index (χ0n) is 15.1. The van der Waals surface area contributed by atoms with Crippen molar-refractivity contribution < 1.29 is 24.2 Å². The normalized spacial score (nSPS) is 11.7. The summed E-state index contributed by atoms with van der Waals surface area (Å²) in [5, 5.41) is 12.0. The molecule has 6 heteroatoms. The first kappa shape index (κ1) is 19.5. The number of rotatable bonds is 8. The molecule has 0 bridgehead atoms. The highest BCUT2D eigenvalue weighted by atomic mass is 16.5. The predicted octanol–water partition coefficient (Wildman–Crippen LogP) is 3.64. The van der Waals surface area contributed by atoms with Crippen molar-refractivity contribution in [2.24, 2.45) is 0 Å². The van der Waals surface area contributed by atoms with Gasteiger partial charge in [0.1, 0.15) is 5.75 Å². The summed E-state index contributed by atoms with van der Waals surface area (Å²) in [6.45, 7) is 4.05. The average Bonchev–Trinajstić information content (AvgIpc) is 2.59. The van der Waals surface area contributed by atoms with Crippen molar-refractivity contribution in [1.82, 2.24) is 0 Å². The summed E-state index contributed by atoms with van der Waals surface area (Å²) >= 11 is 0. The van der Waals surface area contributed by atoms with Gasteiger partial charge in [-0.05, 0) is 54.8 Å². The number of methoxy groups -OCH3 is 1. The number of aromatic carboxylic acids is 1. The number of hydrogen-bond acceptors (Lipinski definition) is 4. The maximum atomic E-state index is 12.6. The van der Waals surface area contributed by atoms with Crippen molar-refractivity contribution in [1.29, 1.82) is 0 Å². The fourth-order valence-electron chi connectivity index (χ4n) is 2.54. The Balaban J connectivity index is 2.17. The predicted molar refractivity (Wildman–Crippen MR) is 98.6 cm³/mol. The van der Waals surface area contributed by atoms with Crippen LogP contribution in [-0.2, 0) is 16.1 Å². The SMILES string of the molecule is CCC(Oc1cccc(C)c1)C(=O)Nc1cc(COC)cc(C(=O)O)c1. The number of hydrogen-bond donors (Lipinski definition) is 2. The van der Waals surface area contributed by atoms with Gasteiger partial charge in [0.25, 0.3) is 5.91 Å². The van der Waals surface area contributed by atoms with Gasteiger partial charge in [0.15, 0.2) is 6.10 Å². The van der Waals surface area contributed by atoms with Crippen molar-refractivity contribution in [3.05, 3.63) is 59.2 Å². The van der Waals surface area contributed by atoms with E-state index in [4.69, 9.17) is 9.47 Å². The van der Waals surface area contributed by atoms with E-state index in [-0.39, 0.29) is 18.1 Å². The number of carboxylic acid groups (broad SMARTS) is 1. The highest BCUT2D eigenvalue weighted by Gasteiger charge is 2.19. The van der Waals surface area contributed by atoms with Crippen LogP contribution < -0.4 is 10.1 Å². The standard InChI is InChI=1S/C20H23NO5/c1-4-18(26-17-7-5-6-13(2)8-17)19(22)21-16-10-14(12-25-3)9-15(11-16)20(23)24/h5-11,18H,4,12H2,1-3H3,(H,21,22)(H,23,24). The van der Waals surface area contributed by atoms with Crippen LogP contribution in [0.4, 0.5) is 5.69 Å². The zero-order valence-corrected chi connectivity index (χ0v) is 15.1. The largest absolute Gasteiger partial charge is 0.481 e. The van der Waals surface area contributed by atoms with Gasteiger partial charge in [-0.2, -0.15) is 0 Å². The van der Waals surface area contributed by atoms with Crippen molar-refractivity contribution in [2.75, 3.05) is 12.4 Å². The number of carbonyl (C=O) groups excluding carboxylic acids is 1. The Morgan fingerprint density at radius 3 is 2.58 bits per heavy atom. The summed E-state index contributed by atoms with van der Waals surface area (Å²) < 4.78 is 10.8. The summed E-state index contributed by atoms with van der Waals surface area (Å²) in [5.74, 6) is -0.784. The van der Waals surface area contributed by atoms with E-state index in [1.54, 1.807) is 12.1 Å². The molecule has 0 saturated carbocycles. The first-order chi connectivity index (χ1) is 12.4. The smallest absolute Gasteiger partial charge is 0.335 e. The number of nitrogens with one attached hydrogen (secondary N) is 1. The lowest BCUT2D eigenvalue weighted by molar-refractivity contribution is -0.122. The Morgan fingerprint density at radius 2 is 1.96 bits per heavy atom. The third-order valence-corrected chi connectivity index (χ3v) is 3.75. The number of amides is 1. The molecular formula is C20H23NO5. The number of ether oxygens (including phenoxy) is 2. The van der Waals surface area contributed by atoms with Crippen LogP contribution in [0.1, 0.15) is 34.8 Å². The Hall–Kier alpha value is -2.86. The molecule has 6 nitrogen and oxygen atoms in total. The molecule has 0 aliphatic rings. The Kier molecular flexibility index (Phi) is 6.74. The zero-order chi connectivity index (χ0) is 19.1. The fourth-order valence-corrected chi connectivity index (χ4v) is 2.54. The van der Waals surface area contributed by atoms with Crippen LogP contribution in [0, 0.1) is 6.92 Å². The first-order valence-corrected chi connectivity index (χ1v) is 8.33. The van der Waals surface area contributed by atoms with Crippen LogP contribution in [0.25, 0.3) is 0 Å². The van der Waals surface area contributed by atoms with E-state index in [2.05, 4.69) is 5.32 Å². The van der Waals surface area contributed by atoms with E-state index in [0.29, 0.717) is 23.4 Å². The molecule has 2 N–H and O–H groups in total. The van der Waals surface area contributed by atoms with Gasteiger partial charge in [-0.15, -0.1) is 0 Å². The number of carbonyl (C=O) groups is 2. The van der Waals surface area contributed by atoms with Gasteiger partial charge in [0.05, 0.1) is 12.2 Å². The van der Waals surface area contributed by atoms with Gasteiger partial charge < -0.3 is 19.9 Å². The van der Waals surface area contributed by atoms with E-state index in [1.165, 1.54) is 19.2 Å². The van der Waals surface area contributed by atoms with Gasteiger partial charge >= 0.3 is 5.97 Å². The van der Waals surface area contributed by atoms with Crippen molar-refractivity contribution in [3.8, 4) is 5.75 Å². The second-order valence-corrected chi connectivity index (χ2v) is 5.98. The summed E-state index contributed by atoms with van der Waals surface area (Å²) in [7, 11) is 1.52. The number of anilines is 1. The molecular weight excluding hydrogens is 334 g/mol. The third-order valence-electron chi connectivity index (χ3n) is 3.75. The topological polar surface area (TPSA) is 84.9 Å². The van der Waals surface area contributed by atoms with Gasteiger partial charge in [-0.25, -0.2) is 4.79 Å². The van der Waals surface area contributed by atoms with Crippen molar-refractivity contribution in [3.63, 3.8) is 0 Å². The molecule has 2 aromatic carbocycles. The minimum atomic E-state index is -1.07. The number of carboxylic acids is 1. The lowest BCUT2D eigenvalue weighted by Crippen LogP contribution is -2.32. The van der Waals surface area contributed by atoms with Crippen molar-refractivity contribution in [2.45, 2.75) is 33.0 Å². The van der Waals surface area contributed by atoms with E-state index < -0.39 is 12.1 Å². The molecule has 0 fully saturated rings. The monoisotopic (exact) mass is 357 g/mol. The third kappa shape index (κ3) is 5.32. The van der Waals surface area contributed by atoms with E-state index in [9.17, 15) is 14.7 Å². The lowest BCUT2D eigenvalue weighted by atomic mass is 10.1. The molecule has 0 aromatic heterocycles. The molecule has 1 atom stereocenters. The molecule has 0 saturated heterocycles. The van der Waals surface area contributed by atoms with E-state index in [0.717, 1.165) is 5.56 Å². The van der Waals surface area contributed by atoms with Gasteiger partial charge in [-0.3, -0.25) is 4.79 Å². The second kappa shape index (κ2) is 9.01. The quantitative estimate of drug-likeness (QED) is 0.753. The number of benzene rings is 2. The van der Waals surface area contributed by atoms with Crippen LogP contribution in [0.3, 0.4) is 0 Å². The molecule has 0 aliphatic carbocycles. The van der Waals surface area contributed by atoms with Crippen LogP contribution >= 0.6 is 0 Å². The Bertz CT molecular complexity index is 788. The average molecular weight is 357 g/mol. The maximum Gasteiger partial charge on any atom is 0.335 e. The van der Waals surface area contributed by atoms with E-state index >= 15 is 0 Å². The summed E-state index contributed by atoms with van der Waals surface area (Å²) in [4.78, 5) is 23.8. The second-order valence-electron chi connectivity index (χ2n) is 5.98. The summed E-state index contributed by atoms with van der Waals surface area (Å²) in [6.07, 6.45) is -0.209. The molecule has 2 aromatic rings. The first-order valence-electron chi connectivity index (χ1n) is 8.33. The highest BCUT2D eigenvalue weighted by Crippen LogP contribution is 2.19. The van der Waals surface area contributed by atoms with Crippen molar-refractivity contribution >= 4 is 17.6 Å². The van der Waals surface area contributed by atoms with Crippen LogP contribution in [0.5, 0.6) is 5.75 Å². The minimum Gasteiger partial charge on any atom is -0.481 e.